The number of nitrogens with zero attached hydrogens (tertiary/aromatic N) is 1. The van der Waals surface area contributed by atoms with E-state index in [9.17, 15) is 21.6 Å². The van der Waals surface area contributed by atoms with Crippen molar-refractivity contribution in [3.63, 3.8) is 0 Å². The van der Waals surface area contributed by atoms with Crippen molar-refractivity contribution < 1.29 is 26.4 Å². The Morgan fingerprint density at radius 1 is 1.16 bits per heavy atom. The molecule has 32 heavy (non-hydrogen) atoms. The maximum atomic E-state index is 12.6. The first-order valence-corrected chi connectivity index (χ1v) is 12.8. The van der Waals surface area contributed by atoms with Gasteiger partial charge in [0.15, 0.2) is 0 Å². The molecule has 1 heterocycles. The van der Waals surface area contributed by atoms with Crippen molar-refractivity contribution in [3.8, 4) is 0 Å². The van der Waals surface area contributed by atoms with Crippen LogP contribution in [0.5, 0.6) is 0 Å². The Balaban J connectivity index is 0.00000227. The Morgan fingerprint density at radius 2 is 1.75 bits per heavy atom. The molecule has 0 fully saturated rings. The zero-order valence-electron chi connectivity index (χ0n) is 18.4. The molecule has 1 aliphatic rings. The van der Waals surface area contributed by atoms with Crippen LogP contribution in [0.2, 0.25) is 5.02 Å². The van der Waals surface area contributed by atoms with Gasteiger partial charge < -0.3 is 4.84 Å². The quantitative estimate of drug-likeness (QED) is 0.297. The first-order valence-electron chi connectivity index (χ1n) is 9.78. The van der Waals surface area contributed by atoms with Crippen molar-refractivity contribution in [2.75, 3.05) is 11.3 Å². The molecule has 0 radical (unpaired) electrons. The summed E-state index contributed by atoms with van der Waals surface area (Å²) in [6.07, 6.45) is 5.43. The zero-order chi connectivity index (χ0) is 24.9. The fraction of sp³-hybridized carbons (Fsp3) is 0.450. The van der Waals surface area contributed by atoms with Crippen molar-refractivity contribution in [2.24, 2.45) is 5.16 Å². The molecular weight excluding hydrogens is 508 g/mol. The van der Waals surface area contributed by atoms with Gasteiger partial charge in [-0.2, -0.15) is 21.6 Å². The predicted octanol–water partition coefficient (Wildman–Crippen LogP) is 7.89. The van der Waals surface area contributed by atoms with E-state index in [1.807, 2.05) is 39.8 Å². The van der Waals surface area contributed by atoms with E-state index in [0.717, 1.165) is 23.8 Å². The van der Waals surface area contributed by atoms with Gasteiger partial charge in [0.1, 0.15) is 6.61 Å². The highest BCUT2D eigenvalue weighted by molar-refractivity contribution is 8.08. The van der Waals surface area contributed by atoms with Crippen LogP contribution in [0.1, 0.15) is 53.0 Å². The number of anilines is 1. The molecule has 1 N–H and O–H groups in total. The van der Waals surface area contributed by atoms with Crippen molar-refractivity contribution >= 4 is 56.4 Å². The molecule has 0 saturated heterocycles. The SMILES string of the molecule is C/C(=N\OCC1=CCCC=C(Cl)S1)c1cc(Cl)ccc1NS(=O)(=O)C(F)(F)F.CC.CC. The van der Waals surface area contributed by atoms with E-state index in [1.54, 1.807) is 0 Å². The van der Waals surface area contributed by atoms with Gasteiger partial charge >= 0.3 is 15.5 Å². The summed E-state index contributed by atoms with van der Waals surface area (Å²) in [7, 11) is -5.59. The average molecular weight is 535 g/mol. The Labute approximate surface area is 202 Å². The molecule has 0 unspecified atom stereocenters. The third kappa shape index (κ3) is 10.1. The number of oxime groups is 1. The van der Waals surface area contributed by atoms with Crippen LogP contribution >= 0.6 is 35.0 Å². The van der Waals surface area contributed by atoms with Crippen LogP contribution in [0.15, 0.2) is 44.8 Å². The fourth-order valence-electron chi connectivity index (χ4n) is 2.09. The second-order valence-corrected chi connectivity index (χ2v) is 9.46. The number of hydrogen-bond acceptors (Lipinski definition) is 5. The van der Waals surface area contributed by atoms with Crippen LogP contribution < -0.4 is 4.72 Å². The number of sulfonamides is 1. The van der Waals surface area contributed by atoms with Gasteiger partial charge in [0.2, 0.25) is 0 Å². The lowest BCUT2D eigenvalue weighted by Crippen LogP contribution is -2.30. The highest BCUT2D eigenvalue weighted by Crippen LogP contribution is 2.32. The minimum absolute atomic E-state index is 0.0563. The number of rotatable bonds is 6. The summed E-state index contributed by atoms with van der Waals surface area (Å²) in [5.41, 5.74) is -5.58. The molecule has 0 saturated carbocycles. The highest BCUT2D eigenvalue weighted by atomic mass is 35.5. The van der Waals surface area contributed by atoms with E-state index < -0.39 is 15.5 Å². The van der Waals surface area contributed by atoms with Crippen LogP contribution in [0, 0.1) is 0 Å². The van der Waals surface area contributed by atoms with Gasteiger partial charge in [0.25, 0.3) is 0 Å². The van der Waals surface area contributed by atoms with Crippen molar-refractivity contribution in [3.05, 3.63) is 50.2 Å². The normalized spacial score (nSPS) is 14.5. The summed E-state index contributed by atoms with van der Waals surface area (Å²) < 4.78 is 62.9. The Hall–Kier alpha value is -1.36. The van der Waals surface area contributed by atoms with E-state index in [2.05, 4.69) is 5.16 Å². The summed E-state index contributed by atoms with van der Waals surface area (Å²) >= 11 is 13.2. The summed E-state index contributed by atoms with van der Waals surface area (Å²) in [6, 6.07) is 3.67. The minimum Gasteiger partial charge on any atom is -0.390 e. The maximum absolute atomic E-state index is 12.6. The third-order valence-electron chi connectivity index (χ3n) is 3.40. The third-order valence-corrected chi connectivity index (χ3v) is 6.03. The molecule has 1 aliphatic heterocycles. The molecule has 0 atom stereocenters. The first-order chi connectivity index (χ1) is 15.0. The Bertz CT molecular complexity index is 933. The van der Waals surface area contributed by atoms with Crippen LogP contribution in [-0.2, 0) is 14.9 Å². The van der Waals surface area contributed by atoms with E-state index in [-0.39, 0.29) is 28.6 Å². The second-order valence-electron chi connectivity index (χ2n) is 5.55. The van der Waals surface area contributed by atoms with E-state index in [1.165, 1.54) is 35.5 Å². The van der Waals surface area contributed by atoms with Crippen LogP contribution in [-0.4, -0.2) is 26.2 Å². The molecule has 1 aromatic carbocycles. The average Bonchev–Trinajstić information content (AvgIpc) is 2.95. The molecule has 12 heteroatoms. The molecular formula is C20H27Cl2F3N2O3S2. The number of benzene rings is 1. The van der Waals surface area contributed by atoms with Crippen molar-refractivity contribution in [1.29, 1.82) is 0 Å². The Morgan fingerprint density at radius 3 is 2.34 bits per heavy atom. The van der Waals surface area contributed by atoms with Gasteiger partial charge in [-0.3, -0.25) is 4.72 Å². The smallest absolute Gasteiger partial charge is 0.390 e. The second kappa shape index (κ2) is 14.7. The number of alkyl halides is 3. The number of allylic oxidation sites excluding steroid dienone is 2. The van der Waals surface area contributed by atoms with Crippen LogP contribution in [0.3, 0.4) is 0 Å². The van der Waals surface area contributed by atoms with Crippen LogP contribution in [0.4, 0.5) is 18.9 Å². The number of nitrogens with one attached hydrogen (secondary N) is 1. The molecule has 0 amide bonds. The molecule has 1 aromatic rings. The lowest BCUT2D eigenvalue weighted by molar-refractivity contribution is -0.0429. The summed E-state index contributed by atoms with van der Waals surface area (Å²) in [6.45, 7) is 9.56. The van der Waals surface area contributed by atoms with Crippen molar-refractivity contribution in [2.45, 2.75) is 53.0 Å². The standard InChI is InChI=1S/C16H15Cl2F3N2O3S2.2C2H6/c1-10(22-26-9-12-4-2-3-5-15(18)27-12)13-8-11(17)6-7-14(13)23-28(24,25)16(19,20)21;2*1-2/h4-8,23H,2-3,9H2,1H3;2*1-2H3/b22-10+;;. The van der Waals surface area contributed by atoms with Gasteiger partial charge in [0.05, 0.1) is 15.8 Å². The predicted molar refractivity (Wildman–Crippen MR) is 130 cm³/mol. The largest absolute Gasteiger partial charge is 0.516 e. The molecule has 0 aromatic heterocycles. The summed E-state index contributed by atoms with van der Waals surface area (Å²) in [5, 5.41) is 4.06. The summed E-state index contributed by atoms with van der Waals surface area (Å²) in [5.74, 6) is 0. The number of hydrogen-bond donors (Lipinski definition) is 1. The zero-order valence-corrected chi connectivity index (χ0v) is 21.5. The lowest BCUT2D eigenvalue weighted by Gasteiger charge is -2.14. The number of thioether (sulfide) groups is 1. The lowest BCUT2D eigenvalue weighted by atomic mass is 10.1. The molecule has 182 valence electrons. The van der Waals surface area contributed by atoms with Gasteiger partial charge in [-0.1, -0.05) is 80.0 Å². The van der Waals surface area contributed by atoms with Crippen LogP contribution in [0.25, 0.3) is 0 Å². The van der Waals surface area contributed by atoms with Gasteiger partial charge in [0, 0.05) is 15.5 Å². The molecule has 2 rings (SSSR count). The topological polar surface area (TPSA) is 67.8 Å². The molecule has 5 nitrogen and oxygen atoms in total. The number of halogens is 5. The molecule has 0 spiro atoms. The maximum Gasteiger partial charge on any atom is 0.516 e. The Kier molecular flexibility index (Phi) is 14.1. The van der Waals surface area contributed by atoms with Gasteiger partial charge in [-0.05, 0) is 38.0 Å². The van der Waals surface area contributed by atoms with E-state index >= 15 is 0 Å². The van der Waals surface area contributed by atoms with Gasteiger partial charge in [-0.15, -0.1) is 0 Å². The van der Waals surface area contributed by atoms with Crippen molar-refractivity contribution in [1.82, 2.24) is 0 Å². The van der Waals surface area contributed by atoms with E-state index in [0.29, 0.717) is 4.36 Å². The minimum atomic E-state index is -5.59. The molecule has 0 bridgehead atoms. The van der Waals surface area contributed by atoms with Gasteiger partial charge in [-0.25, -0.2) is 0 Å². The first kappa shape index (κ1) is 30.6. The monoisotopic (exact) mass is 534 g/mol. The fourth-order valence-corrected chi connectivity index (χ4v) is 4.01. The highest BCUT2D eigenvalue weighted by Gasteiger charge is 2.46. The van der Waals surface area contributed by atoms with E-state index in [4.69, 9.17) is 28.0 Å². The summed E-state index contributed by atoms with van der Waals surface area (Å²) in [4.78, 5) is 6.09. The molecule has 0 aliphatic carbocycles.